The average Bonchev–Trinajstić information content (AvgIpc) is 2.32. The van der Waals surface area contributed by atoms with Crippen molar-refractivity contribution in [3.63, 3.8) is 0 Å². The minimum atomic E-state index is -0.674. The normalized spacial score (nSPS) is 23.2. The SMILES string of the molecule is Cl.O=C(O)C1CCNC(Cc2ccc(Cl)cc2)C1. The molecule has 0 aliphatic carbocycles. The fraction of sp³-hybridized carbons (Fsp3) is 0.462. The predicted molar refractivity (Wildman–Crippen MR) is 74.6 cm³/mol. The number of halogens is 2. The highest BCUT2D eigenvalue weighted by atomic mass is 35.5. The van der Waals surface area contributed by atoms with Gasteiger partial charge in [-0.15, -0.1) is 12.4 Å². The van der Waals surface area contributed by atoms with Gasteiger partial charge >= 0.3 is 5.97 Å². The van der Waals surface area contributed by atoms with Gasteiger partial charge in [-0.3, -0.25) is 4.79 Å². The molecule has 1 fully saturated rings. The van der Waals surface area contributed by atoms with Gasteiger partial charge in [0.1, 0.15) is 0 Å². The third-order valence-electron chi connectivity index (χ3n) is 3.24. The largest absolute Gasteiger partial charge is 0.481 e. The first kappa shape index (κ1) is 15.3. The Labute approximate surface area is 118 Å². The number of carboxylic acids is 1. The van der Waals surface area contributed by atoms with Gasteiger partial charge in [0.25, 0.3) is 0 Å². The van der Waals surface area contributed by atoms with Crippen LogP contribution in [0.3, 0.4) is 0 Å². The second kappa shape index (κ2) is 6.98. The van der Waals surface area contributed by atoms with Crippen molar-refractivity contribution in [2.24, 2.45) is 5.92 Å². The van der Waals surface area contributed by atoms with Gasteiger partial charge in [-0.25, -0.2) is 0 Å². The van der Waals surface area contributed by atoms with Crippen LogP contribution in [0.2, 0.25) is 5.02 Å². The molecule has 2 N–H and O–H groups in total. The van der Waals surface area contributed by atoms with E-state index in [9.17, 15) is 4.79 Å². The first-order valence-electron chi connectivity index (χ1n) is 5.86. The molecule has 100 valence electrons. The molecule has 0 aromatic heterocycles. The molecule has 5 heteroatoms. The molecule has 3 nitrogen and oxygen atoms in total. The third-order valence-corrected chi connectivity index (χ3v) is 3.49. The van der Waals surface area contributed by atoms with Crippen molar-refractivity contribution in [3.8, 4) is 0 Å². The number of piperidine rings is 1. The first-order valence-corrected chi connectivity index (χ1v) is 6.23. The standard InChI is InChI=1S/C13H16ClNO2.ClH/c14-11-3-1-9(2-4-11)7-12-8-10(13(16)17)5-6-15-12;/h1-4,10,12,15H,5-8H2,(H,16,17);1H. The number of carboxylic acid groups (broad SMARTS) is 1. The van der Waals surface area contributed by atoms with E-state index < -0.39 is 5.97 Å². The number of aliphatic carboxylic acids is 1. The van der Waals surface area contributed by atoms with Gasteiger partial charge in [0.05, 0.1) is 5.92 Å². The highest BCUT2D eigenvalue weighted by Crippen LogP contribution is 2.20. The van der Waals surface area contributed by atoms with E-state index in [1.807, 2.05) is 24.3 Å². The topological polar surface area (TPSA) is 49.3 Å². The summed E-state index contributed by atoms with van der Waals surface area (Å²) < 4.78 is 0. The number of carbonyl (C=O) groups is 1. The second-order valence-corrected chi connectivity index (χ2v) is 4.98. The summed E-state index contributed by atoms with van der Waals surface area (Å²) in [6.45, 7) is 0.787. The molecule has 0 radical (unpaired) electrons. The zero-order valence-electron chi connectivity index (χ0n) is 9.93. The highest BCUT2D eigenvalue weighted by molar-refractivity contribution is 6.30. The maximum Gasteiger partial charge on any atom is 0.306 e. The van der Waals surface area contributed by atoms with Gasteiger partial charge in [-0.1, -0.05) is 23.7 Å². The van der Waals surface area contributed by atoms with Crippen LogP contribution in [0.5, 0.6) is 0 Å². The van der Waals surface area contributed by atoms with Crippen LogP contribution >= 0.6 is 24.0 Å². The lowest BCUT2D eigenvalue weighted by atomic mass is 9.89. The number of hydrogen-bond acceptors (Lipinski definition) is 2. The Kier molecular flexibility index (Phi) is 5.93. The molecule has 1 aliphatic rings. The van der Waals surface area contributed by atoms with Crippen LogP contribution in [-0.4, -0.2) is 23.7 Å². The van der Waals surface area contributed by atoms with E-state index in [4.69, 9.17) is 16.7 Å². The molecule has 1 heterocycles. The van der Waals surface area contributed by atoms with Crippen molar-refractivity contribution < 1.29 is 9.90 Å². The van der Waals surface area contributed by atoms with E-state index in [-0.39, 0.29) is 24.4 Å². The Morgan fingerprint density at radius 2 is 2.06 bits per heavy atom. The Bertz CT molecular complexity index is 394. The first-order chi connectivity index (χ1) is 8.15. The molecule has 0 saturated carbocycles. The highest BCUT2D eigenvalue weighted by Gasteiger charge is 2.26. The Morgan fingerprint density at radius 3 is 2.67 bits per heavy atom. The summed E-state index contributed by atoms with van der Waals surface area (Å²) in [5, 5.41) is 13.1. The van der Waals surface area contributed by atoms with Gasteiger partial charge in [-0.05, 0) is 43.5 Å². The van der Waals surface area contributed by atoms with E-state index >= 15 is 0 Å². The molecule has 2 rings (SSSR count). The van der Waals surface area contributed by atoms with Crippen molar-refractivity contribution >= 4 is 30.0 Å². The van der Waals surface area contributed by atoms with Gasteiger partial charge in [-0.2, -0.15) is 0 Å². The van der Waals surface area contributed by atoms with Gasteiger partial charge in [0, 0.05) is 11.1 Å². The van der Waals surface area contributed by atoms with E-state index in [2.05, 4.69) is 5.32 Å². The van der Waals surface area contributed by atoms with Crippen LogP contribution in [0.15, 0.2) is 24.3 Å². The lowest BCUT2D eigenvalue weighted by Crippen LogP contribution is -2.41. The molecule has 2 unspecified atom stereocenters. The third kappa shape index (κ3) is 4.16. The predicted octanol–water partition coefficient (Wildman–Crippen LogP) is 2.76. The molecule has 0 spiro atoms. The van der Waals surface area contributed by atoms with Crippen molar-refractivity contribution in [2.75, 3.05) is 6.54 Å². The second-order valence-electron chi connectivity index (χ2n) is 4.54. The summed E-state index contributed by atoms with van der Waals surface area (Å²) in [5.41, 5.74) is 1.19. The van der Waals surface area contributed by atoms with Crippen LogP contribution < -0.4 is 5.32 Å². The summed E-state index contributed by atoms with van der Waals surface area (Å²) in [6.07, 6.45) is 2.30. The average molecular weight is 290 g/mol. The maximum atomic E-state index is 11.0. The molecule has 1 aromatic carbocycles. The van der Waals surface area contributed by atoms with Crippen LogP contribution in [0.25, 0.3) is 0 Å². The summed E-state index contributed by atoms with van der Waals surface area (Å²) in [5.74, 6) is -0.874. The number of rotatable bonds is 3. The lowest BCUT2D eigenvalue weighted by Gasteiger charge is -2.28. The number of hydrogen-bond donors (Lipinski definition) is 2. The fourth-order valence-electron chi connectivity index (χ4n) is 2.29. The summed E-state index contributed by atoms with van der Waals surface area (Å²) in [4.78, 5) is 11.0. The molecule has 18 heavy (non-hydrogen) atoms. The fourth-order valence-corrected chi connectivity index (χ4v) is 2.42. The molecule has 1 saturated heterocycles. The van der Waals surface area contributed by atoms with Crippen molar-refractivity contribution in [1.29, 1.82) is 0 Å². The van der Waals surface area contributed by atoms with Crippen molar-refractivity contribution in [2.45, 2.75) is 25.3 Å². The molecule has 1 aromatic rings. The monoisotopic (exact) mass is 289 g/mol. The minimum absolute atomic E-state index is 0. The number of nitrogens with one attached hydrogen (secondary N) is 1. The molecule has 1 aliphatic heterocycles. The smallest absolute Gasteiger partial charge is 0.306 e. The Hall–Kier alpha value is -0.770. The summed E-state index contributed by atoms with van der Waals surface area (Å²) in [6, 6.07) is 7.98. The van der Waals surface area contributed by atoms with Gasteiger partial charge in [0.15, 0.2) is 0 Å². The lowest BCUT2D eigenvalue weighted by molar-refractivity contribution is -0.142. The molecule has 2 atom stereocenters. The zero-order valence-corrected chi connectivity index (χ0v) is 11.5. The van der Waals surface area contributed by atoms with E-state index in [0.717, 1.165) is 24.4 Å². The quantitative estimate of drug-likeness (QED) is 0.900. The van der Waals surface area contributed by atoms with Gasteiger partial charge in [0.2, 0.25) is 0 Å². The minimum Gasteiger partial charge on any atom is -0.481 e. The van der Waals surface area contributed by atoms with Gasteiger partial charge < -0.3 is 10.4 Å². The summed E-state index contributed by atoms with van der Waals surface area (Å²) in [7, 11) is 0. The molecular weight excluding hydrogens is 273 g/mol. The van der Waals surface area contributed by atoms with Crippen LogP contribution in [0.4, 0.5) is 0 Å². The van der Waals surface area contributed by atoms with E-state index in [1.54, 1.807) is 0 Å². The van der Waals surface area contributed by atoms with Crippen molar-refractivity contribution in [1.82, 2.24) is 5.32 Å². The van der Waals surface area contributed by atoms with E-state index in [0.29, 0.717) is 6.42 Å². The number of benzene rings is 1. The summed E-state index contributed by atoms with van der Waals surface area (Å²) >= 11 is 5.83. The zero-order chi connectivity index (χ0) is 12.3. The molecular formula is C13H17Cl2NO2. The Balaban J connectivity index is 0.00000162. The van der Waals surface area contributed by atoms with Crippen molar-refractivity contribution in [3.05, 3.63) is 34.9 Å². The molecule has 0 bridgehead atoms. The Morgan fingerprint density at radius 1 is 1.39 bits per heavy atom. The van der Waals surface area contributed by atoms with Crippen LogP contribution in [0.1, 0.15) is 18.4 Å². The van der Waals surface area contributed by atoms with E-state index in [1.165, 1.54) is 5.56 Å². The van der Waals surface area contributed by atoms with Crippen LogP contribution in [0, 0.1) is 5.92 Å². The van der Waals surface area contributed by atoms with Crippen LogP contribution in [-0.2, 0) is 11.2 Å². The maximum absolute atomic E-state index is 11.0. The molecule has 0 amide bonds.